The summed E-state index contributed by atoms with van der Waals surface area (Å²) >= 11 is 0. The molecular weight excluding hydrogens is 449 g/mol. The first-order valence-corrected chi connectivity index (χ1v) is 10.8. The van der Waals surface area contributed by atoms with E-state index in [2.05, 4.69) is 5.32 Å². The van der Waals surface area contributed by atoms with E-state index in [1.165, 1.54) is 12.1 Å². The van der Waals surface area contributed by atoms with E-state index < -0.39 is 5.91 Å². The van der Waals surface area contributed by atoms with Crippen molar-refractivity contribution in [1.29, 1.82) is 0 Å². The van der Waals surface area contributed by atoms with Crippen molar-refractivity contribution in [2.24, 2.45) is 0 Å². The lowest BCUT2D eigenvalue weighted by Crippen LogP contribution is -2.24. The van der Waals surface area contributed by atoms with Crippen LogP contribution in [0.3, 0.4) is 0 Å². The van der Waals surface area contributed by atoms with Crippen LogP contribution < -0.4 is 20.5 Å². The fraction of sp³-hybridized carbons (Fsp3) is 0.115. The van der Waals surface area contributed by atoms with Crippen LogP contribution in [0.4, 0.5) is 10.2 Å². The Balaban J connectivity index is 1.66. The van der Waals surface area contributed by atoms with Crippen molar-refractivity contribution in [2.75, 3.05) is 20.0 Å². The maximum absolute atomic E-state index is 13.3. The minimum absolute atomic E-state index is 0.180. The van der Waals surface area contributed by atoms with Crippen molar-refractivity contribution in [3.63, 3.8) is 0 Å². The summed E-state index contributed by atoms with van der Waals surface area (Å²) in [5.41, 5.74) is 10.2. The van der Waals surface area contributed by atoms with Crippen molar-refractivity contribution in [2.45, 2.75) is 6.54 Å². The fourth-order valence-corrected chi connectivity index (χ4v) is 3.98. The van der Waals surface area contributed by atoms with Crippen LogP contribution in [0.1, 0.15) is 15.9 Å². The average Bonchev–Trinajstić information content (AvgIpc) is 3.16. The number of nitrogens with one attached hydrogen (secondary N) is 1. The number of benzene rings is 3. The van der Waals surface area contributed by atoms with Crippen molar-refractivity contribution >= 4 is 33.9 Å². The summed E-state index contributed by atoms with van der Waals surface area (Å²) in [5, 5.41) is 2.85. The van der Waals surface area contributed by atoms with Gasteiger partial charge in [-0.25, -0.2) is 14.4 Å². The molecule has 0 atom stereocenters. The zero-order valence-corrected chi connectivity index (χ0v) is 19.1. The average molecular weight is 471 g/mol. The molecule has 2 heterocycles. The summed E-state index contributed by atoms with van der Waals surface area (Å²) in [6.45, 7) is 0.197. The topological polar surface area (TPSA) is 104 Å². The Morgan fingerprint density at radius 1 is 0.971 bits per heavy atom. The summed E-state index contributed by atoms with van der Waals surface area (Å²) in [6, 6.07) is 18.6. The SMILES string of the molecule is COc1ccc(-n2c(N)c(C(=O)NCc3ccc(F)cc3)c3nc4ccccc4nc32)cc1OC. The molecule has 176 valence electrons. The third-order valence-electron chi connectivity index (χ3n) is 5.72. The molecule has 5 rings (SSSR count). The smallest absolute Gasteiger partial charge is 0.257 e. The van der Waals surface area contributed by atoms with Gasteiger partial charge in [0.15, 0.2) is 17.1 Å². The first-order chi connectivity index (χ1) is 17.0. The van der Waals surface area contributed by atoms with Crippen LogP contribution in [0, 0.1) is 5.82 Å². The predicted octanol–water partition coefficient (Wildman–Crippen LogP) is 4.24. The minimum Gasteiger partial charge on any atom is -0.493 e. The highest BCUT2D eigenvalue weighted by Gasteiger charge is 2.25. The second-order valence-corrected chi connectivity index (χ2v) is 7.83. The molecule has 2 aromatic heterocycles. The Morgan fingerprint density at radius 2 is 1.66 bits per heavy atom. The van der Waals surface area contributed by atoms with Gasteiger partial charge in [-0.15, -0.1) is 0 Å². The second kappa shape index (κ2) is 8.94. The summed E-state index contributed by atoms with van der Waals surface area (Å²) in [6.07, 6.45) is 0. The first-order valence-electron chi connectivity index (χ1n) is 10.8. The van der Waals surface area contributed by atoms with Crippen LogP contribution in [0.5, 0.6) is 11.5 Å². The number of amides is 1. The number of nitrogen functional groups attached to an aromatic ring is 1. The molecule has 0 fully saturated rings. The van der Waals surface area contributed by atoms with Crippen LogP contribution in [0.2, 0.25) is 0 Å². The van der Waals surface area contributed by atoms with Gasteiger partial charge in [-0.3, -0.25) is 9.36 Å². The van der Waals surface area contributed by atoms with Crippen LogP contribution in [-0.2, 0) is 6.54 Å². The molecule has 0 radical (unpaired) electrons. The van der Waals surface area contributed by atoms with Gasteiger partial charge in [-0.1, -0.05) is 24.3 Å². The van der Waals surface area contributed by atoms with Crippen LogP contribution in [0.25, 0.3) is 27.9 Å². The number of carbonyl (C=O) groups is 1. The molecule has 3 aromatic carbocycles. The van der Waals surface area contributed by atoms with E-state index in [4.69, 9.17) is 25.2 Å². The highest BCUT2D eigenvalue weighted by atomic mass is 19.1. The molecule has 35 heavy (non-hydrogen) atoms. The number of nitrogens with two attached hydrogens (primary N) is 1. The highest BCUT2D eigenvalue weighted by molar-refractivity contribution is 6.11. The van der Waals surface area contributed by atoms with Gasteiger partial charge in [0, 0.05) is 12.6 Å². The summed E-state index contributed by atoms with van der Waals surface area (Å²) in [4.78, 5) is 22.8. The largest absolute Gasteiger partial charge is 0.493 e. The lowest BCUT2D eigenvalue weighted by atomic mass is 10.2. The van der Waals surface area contributed by atoms with Gasteiger partial charge in [0.2, 0.25) is 0 Å². The van der Waals surface area contributed by atoms with Gasteiger partial charge < -0.3 is 20.5 Å². The number of methoxy groups -OCH3 is 2. The first kappa shape index (κ1) is 22.1. The molecule has 0 aliphatic carbocycles. The molecule has 1 amide bonds. The molecule has 0 aliphatic heterocycles. The van der Waals surface area contributed by atoms with Crippen molar-refractivity contribution in [3.8, 4) is 17.2 Å². The van der Waals surface area contributed by atoms with E-state index in [0.29, 0.717) is 39.4 Å². The van der Waals surface area contributed by atoms with Crippen molar-refractivity contribution < 1.29 is 18.7 Å². The van der Waals surface area contributed by atoms with Gasteiger partial charge in [-0.05, 0) is 42.0 Å². The quantitative estimate of drug-likeness (QED) is 0.384. The Morgan fingerprint density at radius 3 is 2.34 bits per heavy atom. The zero-order valence-electron chi connectivity index (χ0n) is 19.1. The Bertz CT molecular complexity index is 1560. The van der Waals surface area contributed by atoms with Gasteiger partial charge >= 0.3 is 0 Å². The maximum Gasteiger partial charge on any atom is 0.257 e. The number of fused-ring (bicyclic) bond motifs is 2. The molecule has 0 bridgehead atoms. The predicted molar refractivity (Wildman–Crippen MR) is 131 cm³/mol. The van der Waals surface area contributed by atoms with Crippen LogP contribution >= 0.6 is 0 Å². The number of rotatable bonds is 6. The molecule has 0 saturated carbocycles. The molecule has 9 heteroatoms. The molecular formula is C26H22FN5O3. The van der Waals surface area contributed by atoms with Crippen LogP contribution in [-0.4, -0.2) is 34.7 Å². The number of anilines is 1. The number of ether oxygens (including phenoxy) is 2. The van der Waals surface area contributed by atoms with E-state index in [1.807, 2.05) is 24.3 Å². The Labute approximate surface area is 200 Å². The number of halogens is 1. The van der Waals surface area contributed by atoms with Crippen LogP contribution in [0.15, 0.2) is 66.7 Å². The van der Waals surface area contributed by atoms with E-state index in [0.717, 1.165) is 5.56 Å². The van der Waals surface area contributed by atoms with Gasteiger partial charge in [-0.2, -0.15) is 0 Å². The molecule has 5 aromatic rings. The Kier molecular flexibility index (Phi) is 5.66. The molecule has 8 nitrogen and oxygen atoms in total. The molecule has 3 N–H and O–H groups in total. The summed E-state index contributed by atoms with van der Waals surface area (Å²) in [5.74, 6) is 0.478. The van der Waals surface area contributed by atoms with E-state index >= 15 is 0 Å². The van der Waals surface area contributed by atoms with E-state index in [-0.39, 0.29) is 23.7 Å². The number of carbonyl (C=O) groups excluding carboxylic acids is 1. The number of nitrogens with zero attached hydrogens (tertiary/aromatic N) is 3. The second-order valence-electron chi connectivity index (χ2n) is 7.83. The molecule has 0 saturated heterocycles. The lowest BCUT2D eigenvalue weighted by molar-refractivity contribution is 0.0953. The highest BCUT2D eigenvalue weighted by Crippen LogP contribution is 2.35. The minimum atomic E-state index is -0.416. The fourth-order valence-electron chi connectivity index (χ4n) is 3.98. The normalized spacial score (nSPS) is 11.1. The van der Waals surface area contributed by atoms with Gasteiger partial charge in [0.25, 0.3) is 5.91 Å². The number of hydrogen-bond donors (Lipinski definition) is 2. The number of aromatic nitrogens is 3. The monoisotopic (exact) mass is 471 g/mol. The van der Waals surface area contributed by atoms with Gasteiger partial charge in [0.1, 0.15) is 22.7 Å². The Hall–Kier alpha value is -4.66. The number of para-hydroxylation sites is 2. The van der Waals surface area contributed by atoms with Crippen molar-refractivity contribution in [1.82, 2.24) is 19.9 Å². The third kappa shape index (κ3) is 3.97. The molecule has 0 unspecified atom stereocenters. The van der Waals surface area contributed by atoms with Gasteiger partial charge in [0.05, 0.1) is 30.9 Å². The lowest BCUT2D eigenvalue weighted by Gasteiger charge is -2.12. The molecule has 0 aliphatic rings. The van der Waals surface area contributed by atoms with E-state index in [9.17, 15) is 9.18 Å². The zero-order chi connectivity index (χ0) is 24.5. The van der Waals surface area contributed by atoms with Crippen molar-refractivity contribution in [3.05, 3.63) is 83.7 Å². The maximum atomic E-state index is 13.3. The third-order valence-corrected chi connectivity index (χ3v) is 5.72. The summed E-state index contributed by atoms with van der Waals surface area (Å²) in [7, 11) is 3.10. The van der Waals surface area contributed by atoms with E-state index in [1.54, 1.807) is 49.1 Å². The molecule has 0 spiro atoms. The summed E-state index contributed by atoms with van der Waals surface area (Å²) < 4.78 is 25.7. The number of hydrogen-bond acceptors (Lipinski definition) is 6. The standard InChI is InChI=1S/C26H22FN5O3/c1-34-20-12-11-17(13-21(20)35-2)32-24(28)22(26(33)29-14-15-7-9-16(27)10-8-15)23-25(32)31-19-6-4-3-5-18(19)30-23/h3-13H,14,28H2,1-2H3,(H,29,33).